The van der Waals surface area contributed by atoms with Crippen LogP contribution in [-0.2, 0) is 17.8 Å². The number of fused-ring (bicyclic) bond motifs is 1. The van der Waals surface area contributed by atoms with E-state index in [1.807, 2.05) is 30.5 Å². The normalized spacial score (nSPS) is 18.0. The Morgan fingerprint density at radius 1 is 1.43 bits per heavy atom. The van der Waals surface area contributed by atoms with Crippen LogP contribution in [0.1, 0.15) is 34.7 Å². The molecule has 0 saturated heterocycles. The third-order valence-electron chi connectivity index (χ3n) is 4.38. The van der Waals surface area contributed by atoms with Crippen LogP contribution in [0.4, 0.5) is 0 Å². The Morgan fingerprint density at radius 3 is 2.96 bits per heavy atom. The summed E-state index contributed by atoms with van der Waals surface area (Å²) >= 11 is 9.34. The highest BCUT2D eigenvalue weighted by molar-refractivity contribution is 7.16. The molecule has 0 N–H and O–H groups in total. The Morgan fingerprint density at radius 2 is 2.26 bits per heavy atom. The molecule has 0 saturated carbocycles. The lowest BCUT2D eigenvalue weighted by atomic mass is 9.98. The second-order valence-electron chi connectivity index (χ2n) is 5.90. The van der Waals surface area contributed by atoms with E-state index in [4.69, 9.17) is 11.6 Å². The van der Waals surface area contributed by atoms with Gasteiger partial charge in [-0.15, -0.1) is 22.7 Å². The second kappa shape index (κ2) is 7.34. The van der Waals surface area contributed by atoms with Gasteiger partial charge in [-0.2, -0.15) is 0 Å². The van der Waals surface area contributed by atoms with Crippen molar-refractivity contribution in [1.29, 1.82) is 0 Å². The number of carbonyl (C=O) groups excluding carboxylic acids is 1. The van der Waals surface area contributed by atoms with Crippen molar-refractivity contribution in [3.63, 3.8) is 0 Å². The Balaban J connectivity index is 1.63. The van der Waals surface area contributed by atoms with Gasteiger partial charge in [0.05, 0.1) is 17.4 Å². The number of amides is 1. The summed E-state index contributed by atoms with van der Waals surface area (Å²) in [6.07, 6.45) is 2.10. The molecule has 1 atom stereocenters. The van der Waals surface area contributed by atoms with Gasteiger partial charge in [-0.1, -0.05) is 18.5 Å². The summed E-state index contributed by atoms with van der Waals surface area (Å²) in [5.41, 5.74) is 1.42. The van der Waals surface area contributed by atoms with Crippen LogP contribution in [0.25, 0.3) is 0 Å². The van der Waals surface area contributed by atoms with Crippen molar-refractivity contribution >= 4 is 40.2 Å². The van der Waals surface area contributed by atoms with Gasteiger partial charge in [0.25, 0.3) is 0 Å². The molecule has 0 fully saturated rings. The first-order chi connectivity index (χ1) is 11.1. The summed E-state index contributed by atoms with van der Waals surface area (Å²) in [6, 6.07) is 6.47. The van der Waals surface area contributed by atoms with Gasteiger partial charge in [0.2, 0.25) is 5.91 Å². The number of hydrogen-bond acceptors (Lipinski definition) is 4. The van der Waals surface area contributed by atoms with Crippen molar-refractivity contribution in [2.45, 2.75) is 32.4 Å². The maximum atomic E-state index is 12.6. The quantitative estimate of drug-likeness (QED) is 0.779. The number of hydrogen-bond donors (Lipinski definition) is 0. The highest BCUT2D eigenvalue weighted by Gasteiger charge is 2.28. The Hall–Kier alpha value is -0.880. The molecule has 2 aromatic heterocycles. The molecule has 6 heteroatoms. The van der Waals surface area contributed by atoms with Gasteiger partial charge in [0.1, 0.15) is 0 Å². The van der Waals surface area contributed by atoms with Gasteiger partial charge < -0.3 is 4.90 Å². The van der Waals surface area contributed by atoms with Gasteiger partial charge in [0.15, 0.2) is 0 Å². The van der Waals surface area contributed by atoms with Crippen molar-refractivity contribution in [2.75, 3.05) is 20.1 Å². The predicted octanol–water partition coefficient (Wildman–Crippen LogP) is 4.43. The molecule has 0 aromatic carbocycles. The minimum absolute atomic E-state index is 0.173. The average molecular weight is 369 g/mol. The lowest BCUT2D eigenvalue weighted by Crippen LogP contribution is -2.42. The van der Waals surface area contributed by atoms with Gasteiger partial charge in [0, 0.05) is 29.4 Å². The summed E-state index contributed by atoms with van der Waals surface area (Å²) in [5.74, 6) is 0.173. The van der Waals surface area contributed by atoms with Gasteiger partial charge in [-0.05, 0) is 42.0 Å². The van der Waals surface area contributed by atoms with Gasteiger partial charge in [-0.3, -0.25) is 9.69 Å². The summed E-state index contributed by atoms with van der Waals surface area (Å²) in [6.45, 7) is 4.29. The van der Waals surface area contributed by atoms with Crippen molar-refractivity contribution in [3.05, 3.63) is 43.2 Å². The molecule has 1 aliphatic rings. The third kappa shape index (κ3) is 3.79. The van der Waals surface area contributed by atoms with E-state index in [0.29, 0.717) is 19.1 Å². The first kappa shape index (κ1) is 17.0. The van der Waals surface area contributed by atoms with Crippen LogP contribution in [0, 0.1) is 0 Å². The molecule has 1 unspecified atom stereocenters. The summed E-state index contributed by atoms with van der Waals surface area (Å²) in [4.78, 5) is 19.3. The van der Waals surface area contributed by atoms with Crippen LogP contribution in [0.5, 0.6) is 0 Å². The average Bonchev–Trinajstić information content (AvgIpc) is 3.15. The standard InChI is InChI=1S/C17H21ClN2OS2/c1-3-14-13-7-9-22-15(13)6-8-20(14)11-17(21)19(2)10-12-4-5-16(18)23-12/h4-5,7,9,14H,3,6,8,10-11H2,1-2H3. The van der Waals surface area contributed by atoms with E-state index in [-0.39, 0.29) is 5.91 Å². The Bertz CT molecular complexity index is 682. The zero-order valence-electron chi connectivity index (χ0n) is 13.4. The van der Waals surface area contributed by atoms with E-state index in [9.17, 15) is 4.79 Å². The Kier molecular flexibility index (Phi) is 5.42. The van der Waals surface area contributed by atoms with Gasteiger partial charge in [-0.25, -0.2) is 0 Å². The smallest absolute Gasteiger partial charge is 0.236 e. The number of nitrogens with zero attached hydrogens (tertiary/aromatic N) is 2. The number of thiophene rings is 2. The molecule has 23 heavy (non-hydrogen) atoms. The number of likely N-dealkylation sites (N-methyl/N-ethyl adjacent to an activating group) is 1. The molecule has 0 radical (unpaired) electrons. The van der Waals surface area contributed by atoms with E-state index >= 15 is 0 Å². The van der Waals surface area contributed by atoms with Crippen LogP contribution in [-0.4, -0.2) is 35.8 Å². The SMILES string of the molecule is CCC1c2ccsc2CCN1CC(=O)N(C)Cc1ccc(Cl)s1. The largest absolute Gasteiger partial charge is 0.340 e. The molecule has 0 bridgehead atoms. The molecule has 1 amide bonds. The number of carbonyl (C=O) groups is 1. The van der Waals surface area contributed by atoms with E-state index < -0.39 is 0 Å². The molecule has 3 heterocycles. The fraction of sp³-hybridized carbons (Fsp3) is 0.471. The molecule has 3 nitrogen and oxygen atoms in total. The van der Waals surface area contributed by atoms with Gasteiger partial charge >= 0.3 is 0 Å². The highest BCUT2D eigenvalue weighted by atomic mass is 35.5. The predicted molar refractivity (Wildman–Crippen MR) is 98.4 cm³/mol. The fourth-order valence-corrected chi connectivity index (χ4v) is 5.24. The first-order valence-electron chi connectivity index (χ1n) is 7.87. The summed E-state index contributed by atoms with van der Waals surface area (Å²) in [5, 5.41) is 2.17. The first-order valence-corrected chi connectivity index (χ1v) is 9.94. The molecular weight excluding hydrogens is 348 g/mol. The van der Waals surface area contributed by atoms with E-state index in [1.54, 1.807) is 4.90 Å². The molecular formula is C17H21ClN2OS2. The third-order valence-corrected chi connectivity index (χ3v) is 6.59. The van der Waals surface area contributed by atoms with Crippen molar-refractivity contribution in [2.24, 2.45) is 0 Å². The topological polar surface area (TPSA) is 23.6 Å². The minimum Gasteiger partial charge on any atom is -0.340 e. The van der Waals surface area contributed by atoms with Crippen LogP contribution < -0.4 is 0 Å². The molecule has 3 rings (SSSR count). The zero-order chi connectivity index (χ0) is 16.4. The summed E-state index contributed by atoms with van der Waals surface area (Å²) in [7, 11) is 1.87. The molecule has 2 aromatic rings. The van der Waals surface area contributed by atoms with Crippen LogP contribution in [0.3, 0.4) is 0 Å². The maximum absolute atomic E-state index is 12.6. The van der Waals surface area contributed by atoms with Crippen molar-refractivity contribution in [3.8, 4) is 0 Å². The monoisotopic (exact) mass is 368 g/mol. The summed E-state index contributed by atoms with van der Waals surface area (Å²) < 4.78 is 0.771. The number of halogens is 1. The van der Waals surface area contributed by atoms with Crippen molar-refractivity contribution in [1.82, 2.24) is 9.80 Å². The fourth-order valence-electron chi connectivity index (χ4n) is 3.17. The number of rotatable bonds is 5. The molecule has 124 valence electrons. The molecule has 0 aliphatic carbocycles. The zero-order valence-corrected chi connectivity index (χ0v) is 15.8. The van der Waals surface area contributed by atoms with E-state index in [2.05, 4.69) is 23.3 Å². The maximum Gasteiger partial charge on any atom is 0.236 e. The van der Waals surface area contributed by atoms with Crippen LogP contribution >= 0.6 is 34.3 Å². The molecule has 0 spiro atoms. The lowest BCUT2D eigenvalue weighted by molar-refractivity contribution is -0.132. The van der Waals surface area contributed by atoms with Crippen LogP contribution in [0.2, 0.25) is 4.34 Å². The van der Waals surface area contributed by atoms with E-state index in [1.165, 1.54) is 21.8 Å². The van der Waals surface area contributed by atoms with E-state index in [0.717, 1.165) is 28.6 Å². The Labute approximate surface area is 150 Å². The minimum atomic E-state index is 0.173. The van der Waals surface area contributed by atoms with Crippen molar-refractivity contribution < 1.29 is 4.79 Å². The second-order valence-corrected chi connectivity index (χ2v) is 8.70. The molecule has 1 aliphatic heterocycles. The highest BCUT2D eigenvalue weighted by Crippen LogP contribution is 2.35. The van der Waals surface area contributed by atoms with Crippen LogP contribution in [0.15, 0.2) is 23.6 Å². The lowest BCUT2D eigenvalue weighted by Gasteiger charge is -2.35.